The molecule has 1 heterocycles. The number of carbonyl (C=O) groups excluding carboxylic acids is 1. The van der Waals surface area contributed by atoms with Crippen LogP contribution in [0.1, 0.15) is 21.9 Å². The molecule has 0 aliphatic heterocycles. The van der Waals surface area contributed by atoms with Gasteiger partial charge in [0, 0.05) is 12.4 Å². The number of furan rings is 1. The van der Waals surface area contributed by atoms with Crippen LogP contribution in [0.4, 0.5) is 8.78 Å². The summed E-state index contributed by atoms with van der Waals surface area (Å²) in [5.41, 5.74) is 0.313. The molecule has 0 atom stereocenters. The molecule has 0 aromatic carbocycles. The van der Waals surface area contributed by atoms with Crippen molar-refractivity contribution in [3.63, 3.8) is 0 Å². The van der Waals surface area contributed by atoms with Gasteiger partial charge in [0.1, 0.15) is 11.5 Å². The van der Waals surface area contributed by atoms with Crippen LogP contribution in [0.3, 0.4) is 0 Å². The van der Waals surface area contributed by atoms with E-state index < -0.39 is 18.9 Å². The predicted octanol–water partition coefficient (Wildman–Crippen LogP) is 2.84. The lowest BCUT2D eigenvalue weighted by Gasteiger charge is -2.20. The van der Waals surface area contributed by atoms with E-state index in [2.05, 4.69) is 0 Å². The maximum Gasteiger partial charge on any atom is 0.257 e. The molecule has 6 heteroatoms. The standard InChI is InChI=1S/C11H14ClF2NO2/c1-7-5-9(8(2)17-7)11(16)15(4-3-12)6-10(13)14/h5,10H,3-4,6H2,1-2H3. The fraction of sp³-hybridized carbons (Fsp3) is 0.545. The van der Waals surface area contributed by atoms with Crippen molar-refractivity contribution in [2.24, 2.45) is 0 Å². The molecule has 1 aromatic rings. The van der Waals surface area contributed by atoms with Crippen molar-refractivity contribution >= 4 is 17.5 Å². The molecule has 0 N–H and O–H groups in total. The van der Waals surface area contributed by atoms with Gasteiger partial charge in [0.25, 0.3) is 12.3 Å². The van der Waals surface area contributed by atoms with E-state index in [4.69, 9.17) is 16.0 Å². The minimum atomic E-state index is -2.57. The normalized spacial score (nSPS) is 10.9. The highest BCUT2D eigenvalue weighted by Gasteiger charge is 2.22. The quantitative estimate of drug-likeness (QED) is 0.767. The highest BCUT2D eigenvalue weighted by molar-refractivity contribution is 6.18. The Kier molecular flexibility index (Phi) is 4.93. The summed E-state index contributed by atoms with van der Waals surface area (Å²) < 4.78 is 29.9. The van der Waals surface area contributed by atoms with Crippen LogP contribution in [0.2, 0.25) is 0 Å². The van der Waals surface area contributed by atoms with Gasteiger partial charge in [0.2, 0.25) is 0 Å². The maximum atomic E-state index is 12.3. The molecular formula is C11H14ClF2NO2. The van der Waals surface area contributed by atoms with Crippen LogP contribution in [0.15, 0.2) is 10.5 Å². The number of hydrogen-bond donors (Lipinski definition) is 0. The molecule has 0 spiro atoms. The topological polar surface area (TPSA) is 33.5 Å². The van der Waals surface area contributed by atoms with Crippen LogP contribution in [0, 0.1) is 13.8 Å². The Balaban J connectivity index is 2.87. The number of rotatable bonds is 5. The zero-order chi connectivity index (χ0) is 13.0. The van der Waals surface area contributed by atoms with Gasteiger partial charge in [-0.3, -0.25) is 4.79 Å². The lowest BCUT2D eigenvalue weighted by atomic mass is 10.2. The molecule has 1 amide bonds. The van der Waals surface area contributed by atoms with E-state index in [1.165, 1.54) is 0 Å². The fourth-order valence-electron chi connectivity index (χ4n) is 1.56. The average Bonchev–Trinajstić information content (AvgIpc) is 2.55. The Morgan fingerprint density at radius 1 is 1.53 bits per heavy atom. The summed E-state index contributed by atoms with van der Waals surface area (Å²) in [4.78, 5) is 13.0. The Morgan fingerprint density at radius 3 is 2.59 bits per heavy atom. The first-order valence-corrected chi connectivity index (χ1v) is 5.69. The van der Waals surface area contributed by atoms with Crippen molar-refractivity contribution in [1.82, 2.24) is 4.90 Å². The molecule has 0 saturated heterocycles. The summed E-state index contributed by atoms with van der Waals surface area (Å²) in [6.07, 6.45) is -2.57. The molecule has 17 heavy (non-hydrogen) atoms. The van der Waals surface area contributed by atoms with E-state index >= 15 is 0 Å². The number of nitrogens with zero attached hydrogens (tertiary/aromatic N) is 1. The third kappa shape index (κ3) is 3.70. The highest BCUT2D eigenvalue weighted by Crippen LogP contribution is 2.16. The zero-order valence-corrected chi connectivity index (χ0v) is 10.4. The molecule has 1 rings (SSSR count). The minimum Gasteiger partial charge on any atom is -0.466 e. The molecule has 0 unspecified atom stereocenters. The predicted molar refractivity (Wildman–Crippen MR) is 60.8 cm³/mol. The largest absolute Gasteiger partial charge is 0.466 e. The summed E-state index contributed by atoms with van der Waals surface area (Å²) in [7, 11) is 0. The van der Waals surface area contributed by atoms with E-state index in [0.29, 0.717) is 17.1 Å². The monoisotopic (exact) mass is 265 g/mol. The van der Waals surface area contributed by atoms with Gasteiger partial charge in [-0.2, -0.15) is 0 Å². The van der Waals surface area contributed by atoms with Crippen molar-refractivity contribution in [2.45, 2.75) is 20.3 Å². The third-order valence-electron chi connectivity index (χ3n) is 2.27. The lowest BCUT2D eigenvalue weighted by molar-refractivity contribution is 0.0569. The van der Waals surface area contributed by atoms with Gasteiger partial charge < -0.3 is 9.32 Å². The van der Waals surface area contributed by atoms with E-state index in [1.807, 2.05) is 0 Å². The third-order valence-corrected chi connectivity index (χ3v) is 2.44. The van der Waals surface area contributed by atoms with Crippen molar-refractivity contribution in [2.75, 3.05) is 19.0 Å². The zero-order valence-electron chi connectivity index (χ0n) is 9.67. The van der Waals surface area contributed by atoms with Gasteiger partial charge in [-0.25, -0.2) is 8.78 Å². The number of carbonyl (C=O) groups is 1. The second kappa shape index (κ2) is 6.00. The van der Waals surface area contributed by atoms with Gasteiger partial charge in [0.05, 0.1) is 12.1 Å². The fourth-order valence-corrected chi connectivity index (χ4v) is 1.76. The molecule has 1 aromatic heterocycles. The molecule has 0 bridgehead atoms. The van der Waals surface area contributed by atoms with Gasteiger partial charge in [0.15, 0.2) is 0 Å². The van der Waals surface area contributed by atoms with Crippen LogP contribution in [0.5, 0.6) is 0 Å². The molecule has 0 saturated carbocycles. The lowest BCUT2D eigenvalue weighted by Crippen LogP contribution is -2.36. The van der Waals surface area contributed by atoms with Crippen LogP contribution in [-0.4, -0.2) is 36.2 Å². The summed E-state index contributed by atoms with van der Waals surface area (Å²) in [6, 6.07) is 1.55. The SMILES string of the molecule is Cc1cc(C(=O)N(CCCl)CC(F)F)c(C)o1. The molecular weight excluding hydrogens is 252 g/mol. The van der Waals surface area contributed by atoms with Gasteiger partial charge in [-0.05, 0) is 19.9 Å². The van der Waals surface area contributed by atoms with Crippen LogP contribution in [0.25, 0.3) is 0 Å². The molecule has 0 aliphatic rings. The Hall–Kier alpha value is -1.10. The van der Waals surface area contributed by atoms with E-state index in [0.717, 1.165) is 4.90 Å². The average molecular weight is 266 g/mol. The summed E-state index contributed by atoms with van der Waals surface area (Å²) in [5.74, 6) is 0.657. The number of hydrogen-bond acceptors (Lipinski definition) is 2. The Bertz CT molecular complexity index is 393. The molecule has 3 nitrogen and oxygen atoms in total. The second-order valence-corrected chi connectivity index (χ2v) is 4.04. The summed E-state index contributed by atoms with van der Waals surface area (Å²) in [5, 5.41) is 0. The second-order valence-electron chi connectivity index (χ2n) is 3.66. The molecule has 96 valence electrons. The summed E-state index contributed by atoms with van der Waals surface area (Å²) in [6.45, 7) is 2.80. The Labute approximate surface area is 103 Å². The molecule has 0 fully saturated rings. The first-order chi connectivity index (χ1) is 7.95. The minimum absolute atomic E-state index is 0.0917. The summed E-state index contributed by atoms with van der Waals surface area (Å²) >= 11 is 5.49. The number of halogens is 3. The first-order valence-electron chi connectivity index (χ1n) is 5.16. The van der Waals surface area contributed by atoms with Crippen molar-refractivity contribution < 1.29 is 18.0 Å². The maximum absolute atomic E-state index is 12.3. The highest BCUT2D eigenvalue weighted by atomic mass is 35.5. The number of aryl methyl sites for hydroxylation is 2. The number of amides is 1. The van der Waals surface area contributed by atoms with E-state index in [9.17, 15) is 13.6 Å². The van der Waals surface area contributed by atoms with Gasteiger partial charge in [-0.1, -0.05) is 0 Å². The van der Waals surface area contributed by atoms with Crippen molar-refractivity contribution in [3.05, 3.63) is 23.2 Å². The van der Waals surface area contributed by atoms with Crippen molar-refractivity contribution in [3.8, 4) is 0 Å². The number of alkyl halides is 3. The first kappa shape index (κ1) is 14.0. The van der Waals surface area contributed by atoms with E-state index in [-0.39, 0.29) is 12.4 Å². The van der Waals surface area contributed by atoms with Crippen molar-refractivity contribution in [1.29, 1.82) is 0 Å². The molecule has 0 aliphatic carbocycles. The van der Waals surface area contributed by atoms with Crippen LogP contribution < -0.4 is 0 Å². The molecule has 0 radical (unpaired) electrons. The van der Waals surface area contributed by atoms with Crippen LogP contribution in [-0.2, 0) is 0 Å². The van der Waals surface area contributed by atoms with Gasteiger partial charge >= 0.3 is 0 Å². The van der Waals surface area contributed by atoms with Gasteiger partial charge in [-0.15, -0.1) is 11.6 Å². The van der Waals surface area contributed by atoms with E-state index in [1.54, 1.807) is 19.9 Å². The smallest absolute Gasteiger partial charge is 0.257 e. The Morgan fingerprint density at radius 2 is 2.18 bits per heavy atom. The van der Waals surface area contributed by atoms with Crippen LogP contribution >= 0.6 is 11.6 Å².